The van der Waals surface area contributed by atoms with Gasteiger partial charge in [-0.1, -0.05) is 30.3 Å². The number of amides is 2. The van der Waals surface area contributed by atoms with Crippen LogP contribution in [0.2, 0.25) is 0 Å². The minimum Gasteiger partial charge on any atom is -0.374 e. The molecule has 0 saturated carbocycles. The molecule has 8 rings (SSSR count). The van der Waals surface area contributed by atoms with Crippen molar-refractivity contribution in [2.75, 3.05) is 47.8 Å². The molecule has 2 N–H and O–H groups in total. The van der Waals surface area contributed by atoms with Gasteiger partial charge in [0, 0.05) is 51.4 Å². The number of piperidine rings is 1. The fourth-order valence-corrected chi connectivity index (χ4v) is 7.17. The van der Waals surface area contributed by atoms with Crippen LogP contribution in [0, 0.1) is 5.82 Å². The number of anilines is 3. The van der Waals surface area contributed by atoms with Crippen molar-refractivity contribution in [1.29, 1.82) is 0 Å². The van der Waals surface area contributed by atoms with Crippen LogP contribution in [-0.4, -0.2) is 75.1 Å². The Labute approximate surface area is 283 Å². The molecular formula is C37H38FN9O2. The van der Waals surface area contributed by atoms with Crippen LogP contribution in [0.25, 0.3) is 17.0 Å². The number of pyridine rings is 1. The zero-order valence-corrected chi connectivity index (χ0v) is 27.1. The molecule has 2 amide bonds. The number of benzene rings is 2. The van der Waals surface area contributed by atoms with Gasteiger partial charge in [0.25, 0.3) is 0 Å². The fraction of sp³-hybridized carbons (Fsp3) is 0.324. The molecule has 2 atom stereocenters. The molecule has 6 heterocycles. The zero-order chi connectivity index (χ0) is 33.3. The Hall–Kier alpha value is -5.36. The van der Waals surface area contributed by atoms with Gasteiger partial charge in [-0.05, 0) is 78.9 Å². The predicted molar refractivity (Wildman–Crippen MR) is 186 cm³/mol. The largest absolute Gasteiger partial charge is 0.374 e. The normalized spacial score (nSPS) is 20.2. The van der Waals surface area contributed by atoms with Gasteiger partial charge in [-0.3, -0.25) is 19.8 Å². The topological polar surface area (TPSA) is 111 Å². The number of imidazole rings is 1. The molecule has 0 bridgehead atoms. The van der Waals surface area contributed by atoms with E-state index in [9.17, 15) is 14.0 Å². The summed E-state index contributed by atoms with van der Waals surface area (Å²) in [4.78, 5) is 40.2. The van der Waals surface area contributed by atoms with E-state index in [2.05, 4.69) is 48.5 Å². The van der Waals surface area contributed by atoms with E-state index in [4.69, 9.17) is 10.1 Å². The monoisotopic (exact) mass is 659 g/mol. The second kappa shape index (κ2) is 13.3. The van der Waals surface area contributed by atoms with E-state index < -0.39 is 0 Å². The Morgan fingerprint density at radius 3 is 2.53 bits per heavy atom. The van der Waals surface area contributed by atoms with Crippen molar-refractivity contribution in [3.63, 3.8) is 0 Å². The first-order valence-corrected chi connectivity index (χ1v) is 17.0. The third-order valence-electron chi connectivity index (χ3n) is 9.76. The third-order valence-corrected chi connectivity index (χ3v) is 9.76. The summed E-state index contributed by atoms with van der Waals surface area (Å²) in [5.74, 6) is 1.07. The molecule has 11 nitrogen and oxygen atoms in total. The summed E-state index contributed by atoms with van der Waals surface area (Å²) in [6.07, 6.45) is 4.66. The highest BCUT2D eigenvalue weighted by Gasteiger charge is 2.29. The van der Waals surface area contributed by atoms with Crippen molar-refractivity contribution in [2.24, 2.45) is 0 Å². The number of nitrogens with one attached hydrogen (secondary N) is 2. The van der Waals surface area contributed by atoms with Crippen molar-refractivity contribution in [2.45, 2.75) is 44.3 Å². The lowest BCUT2D eigenvalue weighted by Crippen LogP contribution is -2.47. The molecule has 2 aromatic carbocycles. The number of rotatable bonds is 8. The zero-order valence-electron chi connectivity index (χ0n) is 27.1. The summed E-state index contributed by atoms with van der Waals surface area (Å²) in [5.41, 5.74) is 5.44. The molecule has 0 spiro atoms. The van der Waals surface area contributed by atoms with Gasteiger partial charge in [0.05, 0.1) is 17.9 Å². The number of halogens is 1. The number of aromatic nitrogens is 4. The van der Waals surface area contributed by atoms with Crippen LogP contribution < -0.4 is 20.4 Å². The highest BCUT2D eigenvalue weighted by molar-refractivity contribution is 6.01. The first kappa shape index (κ1) is 30.9. The van der Waals surface area contributed by atoms with E-state index in [1.807, 2.05) is 53.2 Å². The summed E-state index contributed by atoms with van der Waals surface area (Å²) in [6.45, 7) is 5.23. The maximum Gasteiger partial charge on any atom is 0.249 e. The van der Waals surface area contributed by atoms with Crippen LogP contribution in [0.15, 0.2) is 85.1 Å². The van der Waals surface area contributed by atoms with Crippen LogP contribution in [-0.2, 0) is 16.1 Å². The van der Waals surface area contributed by atoms with Crippen LogP contribution in [0.1, 0.15) is 42.9 Å². The minimum atomic E-state index is -0.388. The lowest BCUT2D eigenvalue weighted by Gasteiger charge is -2.35. The Morgan fingerprint density at radius 2 is 1.71 bits per heavy atom. The number of carbonyl (C=O) groups is 2. The molecule has 3 saturated heterocycles. The SMILES string of the molecule is O=C1CCC(Nc2ccc(CN3CCN(c4cccc(-c5cnc6ccc(N7CCC[C@@H]7c7cccc(F)c7)nn56)n4)CC3)cc2)C(=O)N1. The number of imide groups is 1. The third kappa shape index (κ3) is 6.56. The van der Waals surface area contributed by atoms with Gasteiger partial charge in [0.1, 0.15) is 29.2 Å². The summed E-state index contributed by atoms with van der Waals surface area (Å²) in [6, 6.07) is 24.8. The standard InChI is InChI=1S/C37H38FN9O2/c38-27-5-1-4-26(22-27)31-7-3-17-46(31)35-15-14-33-39-23-32(47(33)43-35)29-6-2-8-34(41-29)45-20-18-44(19-21-45)24-25-9-11-28(12-10-25)40-30-13-16-36(48)42-37(30)49/h1-2,4-6,8-12,14-15,22-23,30-31,40H,3,7,13,16-21,24H2,(H,42,48,49)/t30?,31-/m1/s1. The summed E-state index contributed by atoms with van der Waals surface area (Å²) >= 11 is 0. The van der Waals surface area contributed by atoms with E-state index in [1.54, 1.807) is 12.1 Å². The molecule has 3 fully saturated rings. The highest BCUT2D eigenvalue weighted by Crippen LogP contribution is 2.36. The van der Waals surface area contributed by atoms with E-state index >= 15 is 0 Å². The second-order valence-corrected chi connectivity index (χ2v) is 13.0. The van der Waals surface area contributed by atoms with Crippen LogP contribution in [0.4, 0.5) is 21.7 Å². The van der Waals surface area contributed by atoms with Gasteiger partial charge >= 0.3 is 0 Å². The Morgan fingerprint density at radius 1 is 0.878 bits per heavy atom. The first-order chi connectivity index (χ1) is 24.0. The smallest absolute Gasteiger partial charge is 0.249 e. The maximum atomic E-state index is 14.0. The van der Waals surface area contributed by atoms with Gasteiger partial charge in [0.15, 0.2) is 5.65 Å². The number of carbonyl (C=O) groups excluding carboxylic acids is 2. The van der Waals surface area contributed by atoms with Crippen molar-refractivity contribution in [3.05, 3.63) is 102 Å². The first-order valence-electron chi connectivity index (χ1n) is 17.0. The quantitative estimate of drug-likeness (QED) is 0.227. The summed E-state index contributed by atoms with van der Waals surface area (Å²) in [7, 11) is 0. The Balaban J connectivity index is 0.915. The van der Waals surface area contributed by atoms with Crippen molar-refractivity contribution < 1.29 is 14.0 Å². The molecule has 3 aromatic heterocycles. The van der Waals surface area contributed by atoms with Crippen molar-refractivity contribution in [3.8, 4) is 11.4 Å². The summed E-state index contributed by atoms with van der Waals surface area (Å²) in [5, 5.41) is 10.7. The number of hydrogen-bond donors (Lipinski definition) is 2. The number of fused-ring (bicyclic) bond motifs is 1. The molecule has 0 radical (unpaired) electrons. The molecule has 5 aromatic rings. The molecule has 250 valence electrons. The molecule has 3 aliphatic rings. The van der Waals surface area contributed by atoms with Gasteiger partial charge in [-0.25, -0.2) is 18.9 Å². The number of nitrogens with zero attached hydrogens (tertiary/aromatic N) is 7. The second-order valence-electron chi connectivity index (χ2n) is 13.0. The van der Waals surface area contributed by atoms with Gasteiger partial charge in [-0.15, -0.1) is 5.10 Å². The van der Waals surface area contributed by atoms with Gasteiger partial charge in [-0.2, -0.15) is 0 Å². The molecule has 12 heteroatoms. The number of hydrogen-bond acceptors (Lipinski definition) is 9. The maximum absolute atomic E-state index is 14.0. The minimum absolute atomic E-state index is 0.0779. The molecule has 0 aliphatic carbocycles. The highest BCUT2D eigenvalue weighted by atomic mass is 19.1. The van der Waals surface area contributed by atoms with Gasteiger partial charge < -0.3 is 15.1 Å². The average molecular weight is 660 g/mol. The molecule has 1 unspecified atom stereocenters. The Kier molecular flexibility index (Phi) is 8.38. The molecular weight excluding hydrogens is 621 g/mol. The van der Waals surface area contributed by atoms with E-state index in [0.29, 0.717) is 12.8 Å². The molecule has 49 heavy (non-hydrogen) atoms. The van der Waals surface area contributed by atoms with Crippen LogP contribution in [0.3, 0.4) is 0 Å². The Bertz CT molecular complexity index is 1990. The average Bonchev–Trinajstić information content (AvgIpc) is 3.79. The van der Waals surface area contributed by atoms with Crippen molar-refractivity contribution in [1.82, 2.24) is 29.8 Å². The van der Waals surface area contributed by atoms with E-state index in [1.165, 1.54) is 11.6 Å². The number of piperazine rings is 1. The fourth-order valence-electron chi connectivity index (χ4n) is 7.17. The van der Waals surface area contributed by atoms with Crippen molar-refractivity contribution >= 4 is 34.8 Å². The summed E-state index contributed by atoms with van der Waals surface area (Å²) < 4.78 is 15.9. The lowest BCUT2D eigenvalue weighted by molar-refractivity contribution is -0.133. The predicted octanol–water partition coefficient (Wildman–Crippen LogP) is 4.81. The van der Waals surface area contributed by atoms with Crippen LogP contribution >= 0.6 is 0 Å². The van der Waals surface area contributed by atoms with E-state index in [0.717, 1.165) is 92.0 Å². The van der Waals surface area contributed by atoms with Gasteiger partial charge in [0.2, 0.25) is 11.8 Å². The van der Waals surface area contributed by atoms with E-state index in [-0.39, 0.29) is 29.7 Å². The lowest BCUT2D eigenvalue weighted by atomic mass is 10.0. The molecule has 3 aliphatic heterocycles. The van der Waals surface area contributed by atoms with Crippen LogP contribution in [0.5, 0.6) is 0 Å².